The Labute approximate surface area is 149 Å². The van der Waals surface area contributed by atoms with Gasteiger partial charge >= 0.3 is 5.97 Å². The highest BCUT2D eigenvalue weighted by Crippen LogP contribution is 2.28. The van der Waals surface area contributed by atoms with Gasteiger partial charge in [-0.05, 0) is 37.3 Å². The van der Waals surface area contributed by atoms with Gasteiger partial charge in [0.1, 0.15) is 11.5 Å². The number of amides is 1. The minimum atomic E-state index is -0.846. The van der Waals surface area contributed by atoms with E-state index >= 15 is 0 Å². The molecule has 1 heterocycles. The van der Waals surface area contributed by atoms with Gasteiger partial charge in [0.2, 0.25) is 0 Å². The maximum atomic E-state index is 12.2. The normalized spacial score (nSPS) is 13.7. The second-order valence-electron chi connectivity index (χ2n) is 5.65. The Hall–Kier alpha value is -3.35. The number of rotatable bonds is 6. The van der Waals surface area contributed by atoms with Gasteiger partial charge in [0.15, 0.2) is 25.1 Å². The van der Waals surface area contributed by atoms with E-state index in [2.05, 4.69) is 5.32 Å². The summed E-state index contributed by atoms with van der Waals surface area (Å²) >= 11 is 0. The highest BCUT2D eigenvalue weighted by atomic mass is 16.6. The molecule has 0 aliphatic carbocycles. The van der Waals surface area contributed by atoms with Crippen molar-refractivity contribution in [1.82, 2.24) is 0 Å². The van der Waals surface area contributed by atoms with E-state index in [0.29, 0.717) is 22.7 Å². The molecule has 0 spiro atoms. The third-order valence-corrected chi connectivity index (χ3v) is 3.67. The molecule has 0 radical (unpaired) electrons. The molecule has 26 heavy (non-hydrogen) atoms. The van der Waals surface area contributed by atoms with E-state index in [1.807, 2.05) is 6.07 Å². The number of ether oxygens (including phenoxy) is 3. The van der Waals surface area contributed by atoms with E-state index in [0.717, 1.165) is 0 Å². The molecule has 0 saturated heterocycles. The molecule has 3 rings (SSSR count). The van der Waals surface area contributed by atoms with Crippen molar-refractivity contribution in [3.63, 3.8) is 0 Å². The fourth-order valence-electron chi connectivity index (χ4n) is 2.35. The second kappa shape index (κ2) is 7.69. The van der Waals surface area contributed by atoms with Crippen LogP contribution in [-0.2, 0) is 14.3 Å². The lowest BCUT2D eigenvalue weighted by molar-refractivity contribution is -0.149. The number of carbonyl (C=O) groups excluding carboxylic acids is 3. The van der Waals surface area contributed by atoms with Crippen molar-refractivity contribution >= 4 is 23.3 Å². The fraction of sp³-hybridized carbons (Fsp3) is 0.211. The summed E-state index contributed by atoms with van der Waals surface area (Å²) in [6.07, 6.45) is -0.846. The monoisotopic (exact) mass is 355 g/mol. The van der Waals surface area contributed by atoms with E-state index < -0.39 is 24.5 Å². The summed E-state index contributed by atoms with van der Waals surface area (Å²) in [6.45, 7) is 1.07. The Bertz CT molecular complexity index is 833. The van der Waals surface area contributed by atoms with Crippen LogP contribution < -0.4 is 14.8 Å². The average Bonchev–Trinajstić information content (AvgIpc) is 2.65. The maximum Gasteiger partial charge on any atom is 0.347 e. The minimum Gasteiger partial charge on any atom is -0.482 e. The van der Waals surface area contributed by atoms with Crippen LogP contribution >= 0.6 is 0 Å². The topological polar surface area (TPSA) is 90.9 Å². The molecule has 1 aliphatic heterocycles. The van der Waals surface area contributed by atoms with Crippen LogP contribution in [0.2, 0.25) is 0 Å². The van der Waals surface area contributed by atoms with E-state index in [4.69, 9.17) is 14.2 Å². The van der Waals surface area contributed by atoms with E-state index in [-0.39, 0.29) is 12.5 Å². The summed E-state index contributed by atoms with van der Waals surface area (Å²) < 4.78 is 15.7. The van der Waals surface area contributed by atoms with Gasteiger partial charge in [-0.15, -0.1) is 0 Å². The molecule has 134 valence electrons. The number of esters is 1. The molecule has 7 nitrogen and oxygen atoms in total. The Balaban J connectivity index is 1.56. The summed E-state index contributed by atoms with van der Waals surface area (Å²) in [5.74, 6) is -0.304. The van der Waals surface area contributed by atoms with Crippen LogP contribution in [0.3, 0.4) is 0 Å². The summed E-state index contributed by atoms with van der Waals surface area (Å²) in [4.78, 5) is 35.6. The third-order valence-electron chi connectivity index (χ3n) is 3.67. The molecular weight excluding hydrogens is 338 g/mol. The number of ketones is 1. The number of benzene rings is 2. The fourth-order valence-corrected chi connectivity index (χ4v) is 2.35. The van der Waals surface area contributed by atoms with Crippen LogP contribution in [0.5, 0.6) is 11.5 Å². The van der Waals surface area contributed by atoms with Crippen molar-refractivity contribution in [2.45, 2.75) is 13.0 Å². The molecule has 1 N–H and O–H groups in total. The van der Waals surface area contributed by atoms with Gasteiger partial charge in [-0.3, -0.25) is 9.59 Å². The number of fused-ring (bicyclic) bond motifs is 1. The predicted molar refractivity (Wildman–Crippen MR) is 92.4 cm³/mol. The molecule has 7 heteroatoms. The molecule has 2 aromatic carbocycles. The number of para-hydroxylation sites is 1. The number of hydrogen-bond donors (Lipinski definition) is 1. The summed E-state index contributed by atoms with van der Waals surface area (Å²) in [6, 6.07) is 13.5. The number of anilines is 1. The standard InChI is InChI=1S/C19H17NO6/c1-12(26-14-5-3-2-4-6-14)19(23)25-10-16(21)13-7-8-17-15(9-13)20-18(22)11-24-17/h2-9,12H,10-11H2,1H3,(H,20,22). The molecule has 0 bridgehead atoms. The molecule has 0 fully saturated rings. The zero-order valence-electron chi connectivity index (χ0n) is 14.1. The Morgan fingerprint density at radius 2 is 1.96 bits per heavy atom. The largest absolute Gasteiger partial charge is 0.482 e. The van der Waals surface area contributed by atoms with Crippen molar-refractivity contribution in [2.75, 3.05) is 18.5 Å². The predicted octanol–water partition coefficient (Wildman–Crippen LogP) is 2.21. The first kappa shape index (κ1) is 17.5. The molecule has 1 atom stereocenters. The lowest BCUT2D eigenvalue weighted by atomic mass is 10.1. The highest BCUT2D eigenvalue weighted by molar-refractivity contribution is 6.01. The Morgan fingerprint density at radius 3 is 2.73 bits per heavy atom. The quantitative estimate of drug-likeness (QED) is 0.631. The zero-order chi connectivity index (χ0) is 18.5. The lowest BCUT2D eigenvalue weighted by Gasteiger charge is -2.18. The Kier molecular flexibility index (Phi) is 5.17. The molecule has 0 aromatic heterocycles. The van der Waals surface area contributed by atoms with Crippen molar-refractivity contribution in [3.05, 3.63) is 54.1 Å². The third kappa shape index (κ3) is 4.18. The number of Topliss-reactive ketones (excluding diaryl/α,β-unsaturated/α-hetero) is 1. The minimum absolute atomic E-state index is 0.0583. The smallest absolute Gasteiger partial charge is 0.347 e. The van der Waals surface area contributed by atoms with E-state index in [1.165, 1.54) is 6.07 Å². The molecule has 2 aromatic rings. The first-order valence-corrected chi connectivity index (χ1v) is 8.01. The summed E-state index contributed by atoms with van der Waals surface area (Å²) in [5, 5.41) is 2.62. The van der Waals surface area contributed by atoms with Crippen LogP contribution in [-0.4, -0.2) is 37.0 Å². The average molecular weight is 355 g/mol. The number of hydrogen-bond acceptors (Lipinski definition) is 6. The highest BCUT2D eigenvalue weighted by Gasteiger charge is 2.20. The van der Waals surface area contributed by atoms with Crippen molar-refractivity contribution < 1.29 is 28.6 Å². The second-order valence-corrected chi connectivity index (χ2v) is 5.65. The van der Waals surface area contributed by atoms with Crippen molar-refractivity contribution in [3.8, 4) is 11.5 Å². The first-order valence-electron chi connectivity index (χ1n) is 8.01. The van der Waals surface area contributed by atoms with Crippen LogP contribution in [0.4, 0.5) is 5.69 Å². The van der Waals surface area contributed by atoms with Crippen LogP contribution in [0, 0.1) is 0 Å². The van der Waals surface area contributed by atoms with Gasteiger partial charge in [0.25, 0.3) is 5.91 Å². The number of carbonyl (C=O) groups is 3. The molecular formula is C19H17NO6. The van der Waals surface area contributed by atoms with Gasteiger partial charge in [-0.2, -0.15) is 0 Å². The van der Waals surface area contributed by atoms with Gasteiger partial charge in [0.05, 0.1) is 5.69 Å². The van der Waals surface area contributed by atoms with Crippen molar-refractivity contribution in [2.24, 2.45) is 0 Å². The van der Waals surface area contributed by atoms with E-state index in [1.54, 1.807) is 43.3 Å². The lowest BCUT2D eigenvalue weighted by Crippen LogP contribution is -2.28. The van der Waals surface area contributed by atoms with Gasteiger partial charge in [-0.1, -0.05) is 18.2 Å². The Morgan fingerprint density at radius 1 is 1.19 bits per heavy atom. The van der Waals surface area contributed by atoms with E-state index in [9.17, 15) is 14.4 Å². The van der Waals surface area contributed by atoms with Gasteiger partial charge in [0, 0.05) is 5.56 Å². The SMILES string of the molecule is CC(Oc1ccccc1)C(=O)OCC(=O)c1ccc2c(c1)NC(=O)CO2. The summed E-state index contributed by atoms with van der Waals surface area (Å²) in [5.41, 5.74) is 0.721. The van der Waals surface area contributed by atoms with Gasteiger partial charge < -0.3 is 19.5 Å². The maximum absolute atomic E-state index is 12.2. The first-order chi connectivity index (χ1) is 12.5. The van der Waals surface area contributed by atoms with Crippen molar-refractivity contribution in [1.29, 1.82) is 0 Å². The molecule has 1 aliphatic rings. The molecule has 0 saturated carbocycles. The molecule has 1 unspecified atom stereocenters. The summed E-state index contributed by atoms with van der Waals surface area (Å²) in [7, 11) is 0. The van der Waals surface area contributed by atoms with Crippen LogP contribution in [0.15, 0.2) is 48.5 Å². The zero-order valence-corrected chi connectivity index (χ0v) is 14.1. The number of nitrogens with one attached hydrogen (secondary N) is 1. The van der Waals surface area contributed by atoms with Gasteiger partial charge in [-0.25, -0.2) is 4.79 Å². The van der Waals surface area contributed by atoms with Crippen LogP contribution in [0.1, 0.15) is 17.3 Å². The van der Waals surface area contributed by atoms with Crippen LogP contribution in [0.25, 0.3) is 0 Å². The molecule has 1 amide bonds.